The van der Waals surface area contributed by atoms with E-state index in [2.05, 4.69) is 5.32 Å². The van der Waals surface area contributed by atoms with E-state index in [1.807, 2.05) is 44.2 Å². The van der Waals surface area contributed by atoms with Gasteiger partial charge >= 0.3 is 0 Å². The van der Waals surface area contributed by atoms with Crippen molar-refractivity contribution < 1.29 is 14.7 Å². The molecule has 3 atom stereocenters. The molecule has 0 aliphatic carbocycles. The molecule has 2 rings (SSSR count). The van der Waals surface area contributed by atoms with Crippen molar-refractivity contribution in [3.8, 4) is 0 Å². The van der Waals surface area contributed by atoms with Crippen LogP contribution in [0, 0.1) is 11.8 Å². The average Bonchev–Trinajstić information content (AvgIpc) is 2.99. The van der Waals surface area contributed by atoms with Crippen LogP contribution in [0.15, 0.2) is 30.3 Å². The van der Waals surface area contributed by atoms with Crippen molar-refractivity contribution >= 4 is 11.8 Å². The van der Waals surface area contributed by atoms with Gasteiger partial charge in [-0.3, -0.25) is 9.59 Å². The van der Waals surface area contributed by atoms with Gasteiger partial charge in [0.15, 0.2) is 0 Å². The molecule has 1 saturated heterocycles. The third-order valence-corrected chi connectivity index (χ3v) is 4.95. The van der Waals surface area contributed by atoms with Gasteiger partial charge in [-0.2, -0.15) is 0 Å². The number of nitrogens with zero attached hydrogens (tertiary/aromatic N) is 1. The second-order valence-electron chi connectivity index (χ2n) is 6.66. The number of rotatable bonds is 8. The molecular formula is C19H28N2O3. The van der Waals surface area contributed by atoms with Crippen molar-refractivity contribution in [2.75, 3.05) is 19.7 Å². The van der Waals surface area contributed by atoms with Crippen LogP contribution in [0.1, 0.15) is 32.3 Å². The average molecular weight is 332 g/mol. The van der Waals surface area contributed by atoms with Crippen LogP contribution >= 0.6 is 0 Å². The molecule has 2 N–H and O–H groups in total. The first-order valence-corrected chi connectivity index (χ1v) is 8.78. The second-order valence-corrected chi connectivity index (χ2v) is 6.66. The molecule has 2 amide bonds. The van der Waals surface area contributed by atoms with Gasteiger partial charge in [0.05, 0.1) is 18.6 Å². The van der Waals surface area contributed by atoms with Crippen LogP contribution in [-0.4, -0.2) is 47.6 Å². The Balaban J connectivity index is 1.85. The quantitative estimate of drug-likeness (QED) is 0.760. The van der Waals surface area contributed by atoms with Gasteiger partial charge in [0.1, 0.15) is 0 Å². The Hall–Kier alpha value is -1.88. The first kappa shape index (κ1) is 18.5. The molecule has 0 spiro atoms. The van der Waals surface area contributed by atoms with E-state index in [0.29, 0.717) is 13.1 Å². The van der Waals surface area contributed by atoms with Crippen LogP contribution in [0.2, 0.25) is 0 Å². The molecule has 24 heavy (non-hydrogen) atoms. The molecular weight excluding hydrogens is 304 g/mol. The van der Waals surface area contributed by atoms with Gasteiger partial charge in [-0.25, -0.2) is 0 Å². The van der Waals surface area contributed by atoms with E-state index in [9.17, 15) is 14.7 Å². The van der Waals surface area contributed by atoms with Gasteiger partial charge in [-0.05, 0) is 17.9 Å². The SMILES string of the molecule is CC[C@H](C)[C@H](CO)NC(=O)[C@@H]1CC(=O)N(CCc2ccccc2)C1. The van der Waals surface area contributed by atoms with Crippen molar-refractivity contribution in [2.24, 2.45) is 11.8 Å². The number of nitrogens with one attached hydrogen (secondary N) is 1. The van der Waals surface area contributed by atoms with Crippen molar-refractivity contribution in [1.82, 2.24) is 10.2 Å². The molecule has 0 radical (unpaired) electrons. The maximum absolute atomic E-state index is 12.4. The summed E-state index contributed by atoms with van der Waals surface area (Å²) in [4.78, 5) is 26.3. The largest absolute Gasteiger partial charge is 0.394 e. The minimum atomic E-state index is -0.314. The second kappa shape index (κ2) is 8.83. The lowest BCUT2D eigenvalue weighted by atomic mass is 9.98. The summed E-state index contributed by atoms with van der Waals surface area (Å²) in [5.41, 5.74) is 1.19. The Morgan fingerprint density at radius 2 is 2.08 bits per heavy atom. The highest BCUT2D eigenvalue weighted by molar-refractivity contribution is 5.89. The number of benzene rings is 1. The summed E-state index contributed by atoms with van der Waals surface area (Å²) in [6, 6.07) is 9.80. The number of hydrogen-bond donors (Lipinski definition) is 2. The normalized spacial score (nSPS) is 20.0. The Morgan fingerprint density at radius 1 is 1.38 bits per heavy atom. The zero-order chi connectivity index (χ0) is 17.5. The molecule has 0 bridgehead atoms. The van der Waals surface area contributed by atoms with Crippen molar-refractivity contribution in [1.29, 1.82) is 0 Å². The lowest BCUT2D eigenvalue weighted by Gasteiger charge is -2.24. The maximum Gasteiger partial charge on any atom is 0.225 e. The van der Waals surface area contributed by atoms with Crippen LogP contribution in [0.5, 0.6) is 0 Å². The summed E-state index contributed by atoms with van der Waals surface area (Å²) in [7, 11) is 0. The highest BCUT2D eigenvalue weighted by Gasteiger charge is 2.35. The fourth-order valence-electron chi connectivity index (χ4n) is 3.03. The standard InChI is InChI=1S/C19H28N2O3/c1-3-14(2)17(13-22)20-19(24)16-11-18(23)21(12-16)10-9-15-7-5-4-6-8-15/h4-8,14,16-17,22H,3,9-13H2,1-2H3,(H,20,24)/t14-,16+,17-/m0/s1. The number of aliphatic hydroxyl groups excluding tert-OH is 1. The summed E-state index contributed by atoms with van der Waals surface area (Å²) < 4.78 is 0. The first-order chi connectivity index (χ1) is 11.5. The van der Waals surface area contributed by atoms with E-state index in [1.165, 1.54) is 5.56 Å². The number of amides is 2. The summed E-state index contributed by atoms with van der Waals surface area (Å²) in [6.45, 7) is 5.08. The van der Waals surface area contributed by atoms with Gasteiger partial charge in [-0.15, -0.1) is 0 Å². The molecule has 1 fully saturated rings. The predicted octanol–water partition coefficient (Wildman–Crippen LogP) is 1.60. The fourth-order valence-corrected chi connectivity index (χ4v) is 3.03. The number of aliphatic hydroxyl groups is 1. The van der Waals surface area contributed by atoms with Crippen molar-refractivity contribution in [3.05, 3.63) is 35.9 Å². The van der Waals surface area contributed by atoms with Gasteiger partial charge < -0.3 is 15.3 Å². The van der Waals surface area contributed by atoms with Crippen molar-refractivity contribution in [2.45, 2.75) is 39.2 Å². The predicted molar refractivity (Wildman–Crippen MR) is 93.3 cm³/mol. The minimum Gasteiger partial charge on any atom is -0.394 e. The topological polar surface area (TPSA) is 69.6 Å². The molecule has 1 aliphatic rings. The lowest BCUT2D eigenvalue weighted by Crippen LogP contribution is -2.45. The Labute approximate surface area is 144 Å². The lowest BCUT2D eigenvalue weighted by molar-refractivity contribution is -0.129. The monoisotopic (exact) mass is 332 g/mol. The van der Waals surface area contributed by atoms with Gasteiger partial charge in [0, 0.05) is 19.5 Å². The molecule has 0 unspecified atom stereocenters. The molecule has 1 aliphatic heterocycles. The van der Waals surface area contributed by atoms with Crippen LogP contribution in [-0.2, 0) is 16.0 Å². The third kappa shape index (κ3) is 4.81. The molecule has 5 heteroatoms. The fraction of sp³-hybridized carbons (Fsp3) is 0.579. The summed E-state index contributed by atoms with van der Waals surface area (Å²) in [5, 5.41) is 12.3. The molecule has 1 aromatic rings. The van der Waals surface area contributed by atoms with E-state index in [4.69, 9.17) is 0 Å². The third-order valence-electron chi connectivity index (χ3n) is 4.95. The zero-order valence-electron chi connectivity index (χ0n) is 14.6. The van der Waals surface area contributed by atoms with Crippen LogP contribution in [0.4, 0.5) is 0 Å². The van der Waals surface area contributed by atoms with E-state index >= 15 is 0 Å². The summed E-state index contributed by atoms with van der Waals surface area (Å²) >= 11 is 0. The number of carbonyl (C=O) groups is 2. The van der Waals surface area contributed by atoms with E-state index in [-0.39, 0.29) is 42.7 Å². The Bertz CT molecular complexity index is 547. The summed E-state index contributed by atoms with van der Waals surface area (Å²) in [5.74, 6) is -0.184. The Kier molecular flexibility index (Phi) is 6.79. The van der Waals surface area contributed by atoms with Gasteiger partial charge in [0.25, 0.3) is 0 Å². The van der Waals surface area contributed by atoms with Crippen LogP contribution < -0.4 is 5.32 Å². The molecule has 5 nitrogen and oxygen atoms in total. The van der Waals surface area contributed by atoms with Crippen molar-refractivity contribution in [3.63, 3.8) is 0 Å². The summed E-state index contributed by atoms with van der Waals surface area (Å²) in [6.07, 6.45) is 1.95. The van der Waals surface area contributed by atoms with E-state index in [1.54, 1.807) is 4.90 Å². The highest BCUT2D eigenvalue weighted by atomic mass is 16.3. The molecule has 132 valence electrons. The minimum absolute atomic E-state index is 0.0372. The number of hydrogen-bond acceptors (Lipinski definition) is 3. The maximum atomic E-state index is 12.4. The van der Waals surface area contributed by atoms with Gasteiger partial charge in [-0.1, -0.05) is 50.6 Å². The molecule has 0 saturated carbocycles. The van der Waals surface area contributed by atoms with Crippen LogP contribution in [0.3, 0.4) is 0 Å². The van der Waals surface area contributed by atoms with E-state index in [0.717, 1.165) is 12.8 Å². The van der Waals surface area contributed by atoms with Gasteiger partial charge in [0.2, 0.25) is 11.8 Å². The molecule has 1 aromatic carbocycles. The zero-order valence-corrected chi connectivity index (χ0v) is 14.6. The first-order valence-electron chi connectivity index (χ1n) is 8.78. The highest BCUT2D eigenvalue weighted by Crippen LogP contribution is 2.19. The van der Waals surface area contributed by atoms with Crippen LogP contribution in [0.25, 0.3) is 0 Å². The molecule has 0 aromatic heterocycles. The Morgan fingerprint density at radius 3 is 2.71 bits per heavy atom. The smallest absolute Gasteiger partial charge is 0.225 e. The molecule has 1 heterocycles. The number of carbonyl (C=O) groups excluding carboxylic acids is 2. The number of likely N-dealkylation sites (tertiary alicyclic amines) is 1. The van der Waals surface area contributed by atoms with E-state index < -0.39 is 0 Å².